The Bertz CT molecular complexity index is 536. The summed E-state index contributed by atoms with van der Waals surface area (Å²) >= 11 is 0. The molecule has 0 aliphatic rings. The van der Waals surface area contributed by atoms with Gasteiger partial charge in [-0.15, -0.1) is 0 Å². The van der Waals surface area contributed by atoms with Crippen molar-refractivity contribution in [3.63, 3.8) is 0 Å². The van der Waals surface area contributed by atoms with E-state index in [2.05, 4.69) is 18.2 Å². The van der Waals surface area contributed by atoms with Crippen LogP contribution in [-0.2, 0) is 0 Å². The van der Waals surface area contributed by atoms with Gasteiger partial charge in [0.2, 0.25) is 0 Å². The zero-order valence-electron chi connectivity index (χ0n) is 11.5. The van der Waals surface area contributed by atoms with Crippen LogP contribution in [-0.4, -0.2) is 14.2 Å². The molecule has 0 N–H and O–H groups in total. The van der Waals surface area contributed by atoms with Gasteiger partial charge in [0.25, 0.3) is 0 Å². The molecule has 98 valence electrons. The highest BCUT2D eigenvalue weighted by atomic mass is 16.5. The molecule has 0 aromatic heterocycles. The zero-order valence-corrected chi connectivity index (χ0v) is 11.5. The molecule has 0 heterocycles. The number of rotatable bonds is 4. The molecule has 0 saturated heterocycles. The van der Waals surface area contributed by atoms with Gasteiger partial charge in [0, 0.05) is 11.1 Å². The van der Waals surface area contributed by atoms with Crippen LogP contribution in [0, 0.1) is 0 Å². The second kappa shape index (κ2) is 6.10. The van der Waals surface area contributed by atoms with E-state index in [1.807, 2.05) is 43.3 Å². The van der Waals surface area contributed by atoms with Crippen molar-refractivity contribution in [3.05, 3.63) is 65.7 Å². The molecule has 2 aromatic rings. The molecule has 0 amide bonds. The Balaban J connectivity index is 2.57. The van der Waals surface area contributed by atoms with Crippen LogP contribution in [0.25, 0.3) is 5.57 Å². The molecule has 2 aromatic carbocycles. The normalized spacial score (nSPS) is 9.84. The fourth-order valence-corrected chi connectivity index (χ4v) is 2.19. The monoisotopic (exact) mass is 254 g/mol. The molecule has 0 aliphatic carbocycles. The van der Waals surface area contributed by atoms with Crippen molar-refractivity contribution in [3.8, 4) is 11.5 Å². The van der Waals surface area contributed by atoms with Gasteiger partial charge in [0.1, 0.15) is 11.5 Å². The van der Waals surface area contributed by atoms with Gasteiger partial charge in [-0.1, -0.05) is 42.5 Å². The maximum atomic E-state index is 5.44. The minimum Gasteiger partial charge on any atom is -0.496 e. The third kappa shape index (κ3) is 2.63. The first-order chi connectivity index (χ1) is 9.31. The van der Waals surface area contributed by atoms with Crippen LogP contribution in [0.4, 0.5) is 0 Å². The lowest BCUT2D eigenvalue weighted by Crippen LogP contribution is -1.96. The minimum absolute atomic E-state index is 0.863. The number of benzene rings is 2. The second-order valence-electron chi connectivity index (χ2n) is 4.10. The third-order valence-electron chi connectivity index (χ3n) is 3.08. The molecule has 0 fully saturated rings. The lowest BCUT2D eigenvalue weighted by atomic mass is 9.96. The molecule has 2 nitrogen and oxygen atoms in total. The summed E-state index contributed by atoms with van der Waals surface area (Å²) in [6, 6.07) is 16.0. The SMILES string of the molecule is CC=C(c1ccccc1OC)c1ccccc1OC. The molecule has 2 rings (SSSR count). The van der Waals surface area contributed by atoms with Crippen molar-refractivity contribution < 1.29 is 9.47 Å². The molecule has 0 spiro atoms. The summed E-state index contributed by atoms with van der Waals surface area (Å²) in [4.78, 5) is 0. The third-order valence-corrected chi connectivity index (χ3v) is 3.08. The Morgan fingerprint density at radius 1 is 0.789 bits per heavy atom. The fraction of sp³-hybridized carbons (Fsp3) is 0.176. The molecule has 0 radical (unpaired) electrons. The van der Waals surface area contributed by atoms with Crippen molar-refractivity contribution in [2.45, 2.75) is 6.92 Å². The number of hydrogen-bond acceptors (Lipinski definition) is 2. The Labute approximate surface area is 114 Å². The summed E-state index contributed by atoms with van der Waals surface area (Å²) in [5.74, 6) is 1.73. The lowest BCUT2D eigenvalue weighted by Gasteiger charge is -2.15. The van der Waals surface area contributed by atoms with Crippen molar-refractivity contribution in [2.24, 2.45) is 0 Å². The van der Waals surface area contributed by atoms with Crippen molar-refractivity contribution in [1.29, 1.82) is 0 Å². The summed E-state index contributed by atoms with van der Waals surface area (Å²) < 4.78 is 10.9. The summed E-state index contributed by atoms with van der Waals surface area (Å²) in [5, 5.41) is 0. The first-order valence-electron chi connectivity index (χ1n) is 6.25. The van der Waals surface area contributed by atoms with Crippen molar-refractivity contribution in [1.82, 2.24) is 0 Å². The van der Waals surface area contributed by atoms with E-state index in [9.17, 15) is 0 Å². The van der Waals surface area contributed by atoms with Crippen LogP contribution >= 0.6 is 0 Å². The zero-order chi connectivity index (χ0) is 13.7. The van der Waals surface area contributed by atoms with E-state index in [0.717, 1.165) is 28.2 Å². The topological polar surface area (TPSA) is 18.5 Å². The average molecular weight is 254 g/mol. The number of allylic oxidation sites excluding steroid dienone is 1. The molecule has 0 atom stereocenters. The molecule has 0 unspecified atom stereocenters. The standard InChI is InChI=1S/C17H18O2/c1-4-13(14-9-5-7-11-16(14)18-2)15-10-6-8-12-17(15)19-3/h4-12H,1-3H3. The van der Waals surface area contributed by atoms with Crippen LogP contribution in [0.1, 0.15) is 18.1 Å². The van der Waals surface area contributed by atoms with E-state index >= 15 is 0 Å². The van der Waals surface area contributed by atoms with Crippen molar-refractivity contribution >= 4 is 5.57 Å². The highest BCUT2D eigenvalue weighted by Crippen LogP contribution is 2.35. The molecule has 0 saturated carbocycles. The number of methoxy groups -OCH3 is 2. The molecule has 0 aliphatic heterocycles. The van der Waals surface area contributed by atoms with Gasteiger partial charge in [-0.05, 0) is 24.6 Å². The predicted octanol–water partition coefficient (Wildman–Crippen LogP) is 4.16. The lowest BCUT2D eigenvalue weighted by molar-refractivity contribution is 0.411. The van der Waals surface area contributed by atoms with Crippen LogP contribution in [0.5, 0.6) is 11.5 Å². The van der Waals surface area contributed by atoms with Gasteiger partial charge in [-0.25, -0.2) is 0 Å². The number of para-hydroxylation sites is 2. The van der Waals surface area contributed by atoms with Gasteiger partial charge >= 0.3 is 0 Å². The van der Waals surface area contributed by atoms with Crippen LogP contribution in [0.15, 0.2) is 54.6 Å². The first-order valence-corrected chi connectivity index (χ1v) is 6.25. The predicted molar refractivity (Wildman–Crippen MR) is 78.7 cm³/mol. The Morgan fingerprint density at radius 3 is 1.58 bits per heavy atom. The molecule has 19 heavy (non-hydrogen) atoms. The van der Waals surface area contributed by atoms with E-state index in [0.29, 0.717) is 0 Å². The minimum atomic E-state index is 0.863. The quantitative estimate of drug-likeness (QED) is 0.815. The van der Waals surface area contributed by atoms with Crippen molar-refractivity contribution in [2.75, 3.05) is 14.2 Å². The highest BCUT2D eigenvalue weighted by Gasteiger charge is 2.12. The van der Waals surface area contributed by atoms with E-state index in [-0.39, 0.29) is 0 Å². The Hall–Kier alpha value is -2.22. The number of ether oxygens (including phenoxy) is 2. The van der Waals surface area contributed by atoms with Gasteiger partial charge in [-0.2, -0.15) is 0 Å². The van der Waals surface area contributed by atoms with E-state index in [4.69, 9.17) is 9.47 Å². The Kier molecular flexibility index (Phi) is 4.24. The van der Waals surface area contributed by atoms with Gasteiger partial charge in [0.05, 0.1) is 14.2 Å². The van der Waals surface area contributed by atoms with Crippen LogP contribution in [0.2, 0.25) is 0 Å². The largest absolute Gasteiger partial charge is 0.496 e. The maximum absolute atomic E-state index is 5.44. The smallest absolute Gasteiger partial charge is 0.126 e. The fourth-order valence-electron chi connectivity index (χ4n) is 2.19. The number of hydrogen-bond donors (Lipinski definition) is 0. The molecular formula is C17H18O2. The van der Waals surface area contributed by atoms with E-state index in [1.54, 1.807) is 14.2 Å². The first kappa shape index (κ1) is 13.2. The highest BCUT2D eigenvalue weighted by molar-refractivity contribution is 5.85. The summed E-state index contributed by atoms with van der Waals surface area (Å²) in [6.07, 6.45) is 2.08. The maximum Gasteiger partial charge on any atom is 0.126 e. The Morgan fingerprint density at radius 2 is 1.21 bits per heavy atom. The van der Waals surface area contributed by atoms with E-state index in [1.165, 1.54) is 0 Å². The summed E-state index contributed by atoms with van der Waals surface area (Å²) in [6.45, 7) is 2.02. The van der Waals surface area contributed by atoms with Gasteiger partial charge in [-0.3, -0.25) is 0 Å². The van der Waals surface area contributed by atoms with Gasteiger partial charge in [0.15, 0.2) is 0 Å². The molecule has 2 heteroatoms. The second-order valence-corrected chi connectivity index (χ2v) is 4.10. The van der Waals surface area contributed by atoms with Crippen LogP contribution in [0.3, 0.4) is 0 Å². The average Bonchev–Trinajstić information content (AvgIpc) is 2.49. The van der Waals surface area contributed by atoms with Crippen LogP contribution < -0.4 is 9.47 Å². The van der Waals surface area contributed by atoms with Gasteiger partial charge < -0.3 is 9.47 Å². The molecule has 0 bridgehead atoms. The summed E-state index contributed by atoms with van der Waals surface area (Å²) in [5.41, 5.74) is 3.24. The van der Waals surface area contributed by atoms with E-state index < -0.39 is 0 Å². The molecular weight excluding hydrogens is 236 g/mol. The summed E-state index contributed by atoms with van der Waals surface area (Å²) in [7, 11) is 3.38.